The van der Waals surface area contributed by atoms with Gasteiger partial charge in [0.05, 0.1) is 32.0 Å². The van der Waals surface area contributed by atoms with Crippen LogP contribution in [-0.2, 0) is 16.1 Å². The normalized spacial score (nSPS) is 13.7. The van der Waals surface area contributed by atoms with Crippen molar-refractivity contribution in [1.29, 1.82) is 0 Å². The summed E-state index contributed by atoms with van der Waals surface area (Å²) < 4.78 is 24.8. The average molecular weight is 438 g/mol. The van der Waals surface area contributed by atoms with Gasteiger partial charge in [0.1, 0.15) is 23.0 Å². The van der Waals surface area contributed by atoms with Crippen LogP contribution in [0, 0.1) is 5.82 Å². The molecule has 8 heteroatoms. The van der Waals surface area contributed by atoms with Crippen LogP contribution in [0.2, 0.25) is 0 Å². The summed E-state index contributed by atoms with van der Waals surface area (Å²) in [4.78, 5) is 28.2. The maximum atomic E-state index is 14.2. The topological polar surface area (TPSA) is 67.9 Å². The Bertz CT molecular complexity index is 1170. The molecule has 31 heavy (non-hydrogen) atoms. The first-order valence-electron chi connectivity index (χ1n) is 9.40. The van der Waals surface area contributed by atoms with Crippen LogP contribution >= 0.6 is 11.3 Å². The van der Waals surface area contributed by atoms with Crippen molar-refractivity contribution >= 4 is 34.4 Å². The number of thiophene rings is 1. The monoisotopic (exact) mass is 438 g/mol. The minimum Gasteiger partial charge on any atom is -0.497 e. The minimum atomic E-state index is -0.540. The van der Waals surface area contributed by atoms with Crippen LogP contribution < -0.4 is 14.8 Å². The Morgan fingerprint density at radius 3 is 2.48 bits per heavy atom. The van der Waals surface area contributed by atoms with Crippen molar-refractivity contribution in [3.63, 3.8) is 0 Å². The second kappa shape index (κ2) is 8.61. The number of methoxy groups -OCH3 is 2. The molecular formula is C23H19FN2O4S. The van der Waals surface area contributed by atoms with Gasteiger partial charge in [0.15, 0.2) is 0 Å². The lowest BCUT2D eigenvalue weighted by Gasteiger charge is -2.16. The SMILES string of the molecule is COc1ccc(OC)c(NC2=C(c3cccs3)C(=O)N(Cc3ccccc3F)C2=O)c1. The molecule has 2 amide bonds. The number of nitrogens with one attached hydrogen (secondary N) is 1. The van der Waals surface area contributed by atoms with Gasteiger partial charge in [-0.3, -0.25) is 14.5 Å². The molecule has 0 spiro atoms. The summed E-state index contributed by atoms with van der Waals surface area (Å²) >= 11 is 1.34. The molecule has 0 fully saturated rings. The van der Waals surface area contributed by atoms with Crippen LogP contribution in [0.1, 0.15) is 10.4 Å². The van der Waals surface area contributed by atoms with Crippen LogP contribution in [0.5, 0.6) is 11.5 Å². The minimum absolute atomic E-state index is 0.107. The van der Waals surface area contributed by atoms with Gasteiger partial charge in [-0.1, -0.05) is 24.3 Å². The molecule has 0 unspecified atom stereocenters. The van der Waals surface area contributed by atoms with E-state index in [2.05, 4.69) is 5.32 Å². The summed E-state index contributed by atoms with van der Waals surface area (Å²) in [6.45, 7) is -0.167. The number of hydrogen-bond donors (Lipinski definition) is 1. The van der Waals surface area contributed by atoms with Crippen LogP contribution in [-0.4, -0.2) is 30.9 Å². The summed E-state index contributed by atoms with van der Waals surface area (Å²) in [5.41, 5.74) is 1.08. The molecule has 1 aliphatic heterocycles. The van der Waals surface area contributed by atoms with Crippen LogP contribution in [0.15, 0.2) is 65.7 Å². The zero-order valence-corrected chi connectivity index (χ0v) is 17.7. The molecule has 1 N–H and O–H groups in total. The molecule has 1 aromatic heterocycles. The number of carbonyl (C=O) groups excluding carboxylic acids is 2. The highest BCUT2D eigenvalue weighted by Gasteiger charge is 2.40. The first kappa shape index (κ1) is 20.6. The second-order valence-corrected chi connectivity index (χ2v) is 7.65. The Morgan fingerprint density at radius 2 is 1.81 bits per heavy atom. The van der Waals surface area contributed by atoms with E-state index in [9.17, 15) is 14.0 Å². The average Bonchev–Trinajstić information content (AvgIpc) is 3.38. The highest BCUT2D eigenvalue weighted by Crippen LogP contribution is 2.37. The molecule has 6 nitrogen and oxygen atoms in total. The van der Waals surface area contributed by atoms with Crippen LogP contribution in [0.3, 0.4) is 0 Å². The Kier molecular flexibility index (Phi) is 5.73. The van der Waals surface area contributed by atoms with Crippen molar-refractivity contribution in [3.8, 4) is 11.5 Å². The molecule has 0 bridgehead atoms. The molecule has 0 saturated carbocycles. The van der Waals surface area contributed by atoms with Crippen molar-refractivity contribution in [2.45, 2.75) is 6.54 Å². The Hall–Kier alpha value is -3.65. The number of hydrogen-bond acceptors (Lipinski definition) is 6. The van der Waals surface area contributed by atoms with E-state index in [1.54, 1.807) is 48.5 Å². The quantitative estimate of drug-likeness (QED) is 0.557. The van der Waals surface area contributed by atoms with Crippen LogP contribution in [0.4, 0.5) is 10.1 Å². The van der Waals surface area contributed by atoms with Crippen molar-refractivity contribution in [2.75, 3.05) is 19.5 Å². The first-order chi connectivity index (χ1) is 15.0. The van der Waals surface area contributed by atoms with E-state index >= 15 is 0 Å². The van der Waals surface area contributed by atoms with Gasteiger partial charge >= 0.3 is 0 Å². The number of ether oxygens (including phenoxy) is 2. The fourth-order valence-electron chi connectivity index (χ4n) is 3.33. The molecule has 4 rings (SSSR count). The number of rotatable bonds is 7. The molecular weight excluding hydrogens is 419 g/mol. The van der Waals surface area contributed by atoms with Gasteiger partial charge < -0.3 is 14.8 Å². The largest absolute Gasteiger partial charge is 0.497 e. The maximum Gasteiger partial charge on any atom is 0.278 e. The Labute approximate surface area is 182 Å². The summed E-state index contributed by atoms with van der Waals surface area (Å²) in [6, 6.07) is 14.7. The van der Waals surface area contributed by atoms with Crippen molar-refractivity contribution in [3.05, 3.63) is 81.9 Å². The highest BCUT2D eigenvalue weighted by atomic mass is 32.1. The number of halogens is 1. The predicted molar refractivity (Wildman–Crippen MR) is 116 cm³/mol. The van der Waals surface area contributed by atoms with Gasteiger partial charge in [-0.2, -0.15) is 0 Å². The molecule has 1 aliphatic rings. The molecule has 0 radical (unpaired) electrons. The summed E-state index contributed by atoms with van der Waals surface area (Å²) in [7, 11) is 3.04. The second-order valence-electron chi connectivity index (χ2n) is 6.71. The lowest BCUT2D eigenvalue weighted by molar-refractivity contribution is -0.137. The number of nitrogens with zero attached hydrogens (tertiary/aromatic N) is 1. The third kappa shape index (κ3) is 3.89. The van der Waals surface area contributed by atoms with E-state index in [0.29, 0.717) is 22.1 Å². The highest BCUT2D eigenvalue weighted by molar-refractivity contribution is 7.11. The van der Waals surface area contributed by atoms with E-state index in [4.69, 9.17) is 9.47 Å². The van der Waals surface area contributed by atoms with E-state index in [-0.39, 0.29) is 23.4 Å². The molecule has 158 valence electrons. The van der Waals surface area contributed by atoms with E-state index in [1.807, 2.05) is 5.38 Å². The Balaban J connectivity index is 1.75. The number of anilines is 1. The molecule has 2 aromatic carbocycles. The molecule has 3 aromatic rings. The third-order valence-electron chi connectivity index (χ3n) is 4.89. The lowest BCUT2D eigenvalue weighted by atomic mass is 10.1. The van der Waals surface area contributed by atoms with Gasteiger partial charge in [0, 0.05) is 16.5 Å². The smallest absolute Gasteiger partial charge is 0.278 e. The third-order valence-corrected chi connectivity index (χ3v) is 5.78. The summed E-state index contributed by atoms with van der Waals surface area (Å²) in [5, 5.41) is 4.88. The first-order valence-corrected chi connectivity index (χ1v) is 10.3. The van der Waals surface area contributed by atoms with E-state index in [1.165, 1.54) is 31.6 Å². The number of benzene rings is 2. The van der Waals surface area contributed by atoms with Gasteiger partial charge in [0.25, 0.3) is 11.8 Å². The van der Waals surface area contributed by atoms with E-state index in [0.717, 1.165) is 4.90 Å². The van der Waals surface area contributed by atoms with Crippen molar-refractivity contribution in [1.82, 2.24) is 4.90 Å². The lowest BCUT2D eigenvalue weighted by Crippen LogP contribution is -2.32. The van der Waals surface area contributed by atoms with Crippen molar-refractivity contribution in [2.24, 2.45) is 0 Å². The predicted octanol–water partition coefficient (Wildman–Crippen LogP) is 4.30. The summed E-state index contributed by atoms with van der Waals surface area (Å²) in [5.74, 6) is -0.466. The van der Waals surface area contributed by atoms with Crippen molar-refractivity contribution < 1.29 is 23.5 Å². The molecule has 0 aliphatic carbocycles. The van der Waals surface area contributed by atoms with Gasteiger partial charge in [0.2, 0.25) is 0 Å². The maximum absolute atomic E-state index is 14.2. The fourth-order valence-corrected chi connectivity index (χ4v) is 4.10. The van der Waals surface area contributed by atoms with Gasteiger partial charge in [-0.05, 0) is 29.6 Å². The Morgan fingerprint density at radius 1 is 1.00 bits per heavy atom. The standard InChI is InChI=1S/C23H19FN2O4S/c1-29-15-9-10-18(30-2)17(12-15)25-21-20(19-8-5-11-31-19)22(27)26(23(21)28)13-14-6-3-4-7-16(14)24/h3-12,25H,13H2,1-2H3. The van der Waals surface area contributed by atoms with E-state index < -0.39 is 17.6 Å². The van der Waals surface area contributed by atoms with Crippen LogP contribution in [0.25, 0.3) is 5.57 Å². The fraction of sp³-hybridized carbons (Fsp3) is 0.130. The van der Waals surface area contributed by atoms with Gasteiger partial charge in [-0.25, -0.2) is 4.39 Å². The number of carbonyl (C=O) groups is 2. The zero-order chi connectivity index (χ0) is 22.0. The van der Waals surface area contributed by atoms with Gasteiger partial charge in [-0.15, -0.1) is 11.3 Å². The number of imide groups is 1. The molecule has 0 saturated heterocycles. The summed E-state index contributed by atoms with van der Waals surface area (Å²) in [6.07, 6.45) is 0. The molecule has 0 atom stereocenters. The zero-order valence-electron chi connectivity index (χ0n) is 16.8. The molecule has 2 heterocycles. The number of amides is 2.